The van der Waals surface area contributed by atoms with Crippen LogP contribution in [0.25, 0.3) is 0 Å². The quantitative estimate of drug-likeness (QED) is 0.679. The van der Waals surface area contributed by atoms with E-state index in [1.54, 1.807) is 12.3 Å². The minimum Gasteiger partial charge on any atom is -0.508 e. The minimum atomic E-state index is -1.02. The summed E-state index contributed by atoms with van der Waals surface area (Å²) in [6.07, 6.45) is 1.84. The van der Waals surface area contributed by atoms with E-state index < -0.39 is 6.17 Å². The molecule has 3 nitrogen and oxygen atoms in total. The van der Waals surface area contributed by atoms with Crippen LogP contribution in [0, 0.1) is 6.92 Å². The third-order valence-electron chi connectivity index (χ3n) is 4.56. The lowest BCUT2D eigenvalue weighted by atomic mass is 10.0. The lowest BCUT2D eigenvalue weighted by Crippen LogP contribution is -2.43. The first-order valence-electron chi connectivity index (χ1n) is 9.01. The van der Waals surface area contributed by atoms with Gasteiger partial charge in [0.05, 0.1) is 6.04 Å². The molecule has 0 saturated heterocycles. The molecule has 2 rings (SSSR count). The van der Waals surface area contributed by atoms with Gasteiger partial charge < -0.3 is 15.3 Å². The van der Waals surface area contributed by atoms with Crippen molar-refractivity contribution in [1.29, 1.82) is 0 Å². The van der Waals surface area contributed by atoms with Gasteiger partial charge in [-0.05, 0) is 55.8 Å². The van der Waals surface area contributed by atoms with Crippen molar-refractivity contribution < 1.29 is 9.50 Å². The van der Waals surface area contributed by atoms with E-state index in [0.717, 1.165) is 16.7 Å². The van der Waals surface area contributed by atoms with Crippen molar-refractivity contribution >= 4 is 0 Å². The normalized spacial score (nSPS) is 13.4. The molecule has 0 radical (unpaired) electrons. The van der Waals surface area contributed by atoms with Crippen LogP contribution in [0.2, 0.25) is 0 Å². The Balaban J connectivity index is 1.88. The highest BCUT2D eigenvalue weighted by Crippen LogP contribution is 2.19. The van der Waals surface area contributed by atoms with Crippen molar-refractivity contribution in [3.8, 4) is 5.75 Å². The number of nitrogens with one attached hydrogen (secondary N) is 1. The topological polar surface area (TPSA) is 35.5 Å². The van der Waals surface area contributed by atoms with Gasteiger partial charge in [0.15, 0.2) is 0 Å². The Morgan fingerprint density at radius 2 is 1.96 bits per heavy atom. The van der Waals surface area contributed by atoms with Crippen molar-refractivity contribution in [2.75, 3.05) is 20.1 Å². The second kappa shape index (κ2) is 9.97. The van der Waals surface area contributed by atoms with Gasteiger partial charge in [-0.3, -0.25) is 0 Å². The molecule has 2 N–H and O–H groups in total. The zero-order valence-corrected chi connectivity index (χ0v) is 15.7. The van der Waals surface area contributed by atoms with Crippen molar-refractivity contribution in [1.82, 2.24) is 10.2 Å². The number of phenolic OH excluding ortho intramolecular Hbond substituents is 1. The maximum atomic E-state index is 14.8. The summed E-state index contributed by atoms with van der Waals surface area (Å²) in [6, 6.07) is 15.3. The number of benzene rings is 2. The molecule has 0 aliphatic heterocycles. The van der Waals surface area contributed by atoms with Gasteiger partial charge in [0.2, 0.25) is 0 Å². The first kappa shape index (κ1) is 20.0. The molecule has 0 amide bonds. The zero-order valence-electron chi connectivity index (χ0n) is 15.7. The monoisotopic (exact) mass is 356 g/mol. The molecule has 0 spiro atoms. The van der Waals surface area contributed by atoms with Crippen LogP contribution in [0.4, 0.5) is 4.39 Å². The maximum absolute atomic E-state index is 14.8. The number of rotatable bonds is 10. The Morgan fingerprint density at radius 1 is 1.23 bits per heavy atom. The summed E-state index contributed by atoms with van der Waals surface area (Å²) in [6.45, 7) is 6.63. The number of halogens is 1. The molecule has 2 atom stereocenters. The lowest BCUT2D eigenvalue weighted by Gasteiger charge is -2.26. The highest BCUT2D eigenvalue weighted by Gasteiger charge is 2.22. The smallest absolute Gasteiger partial charge is 0.133 e. The summed E-state index contributed by atoms with van der Waals surface area (Å²) < 4.78 is 14.8. The average molecular weight is 356 g/mol. The van der Waals surface area contributed by atoms with Gasteiger partial charge in [-0.25, -0.2) is 4.39 Å². The second-order valence-corrected chi connectivity index (χ2v) is 6.83. The SMILES string of the molecule is C=CN[C@@H](Cc1ccccc1)C(F)CN(C)CCc1ccc(C)cc1O. The molecule has 2 aromatic rings. The van der Waals surface area contributed by atoms with Crippen molar-refractivity contribution in [3.05, 3.63) is 78.0 Å². The van der Waals surface area contributed by atoms with E-state index in [9.17, 15) is 9.50 Å². The number of nitrogens with zero attached hydrogens (tertiary/aromatic N) is 1. The van der Waals surface area contributed by atoms with E-state index in [1.165, 1.54) is 0 Å². The van der Waals surface area contributed by atoms with Gasteiger partial charge in [-0.2, -0.15) is 0 Å². The lowest BCUT2D eigenvalue weighted by molar-refractivity contribution is 0.183. The van der Waals surface area contributed by atoms with Crippen LogP contribution in [-0.4, -0.2) is 42.4 Å². The number of aromatic hydroxyl groups is 1. The summed E-state index contributed by atoms with van der Waals surface area (Å²) in [4.78, 5) is 1.97. The summed E-state index contributed by atoms with van der Waals surface area (Å²) in [5, 5.41) is 13.0. The predicted octanol–water partition coefficient (Wildman–Crippen LogP) is 3.86. The highest BCUT2D eigenvalue weighted by molar-refractivity contribution is 5.36. The molecule has 0 heterocycles. The first-order chi connectivity index (χ1) is 12.5. The van der Waals surface area contributed by atoms with Crippen LogP contribution in [0.5, 0.6) is 5.75 Å². The van der Waals surface area contributed by atoms with E-state index in [0.29, 0.717) is 31.7 Å². The number of alkyl halides is 1. The Labute approximate surface area is 156 Å². The van der Waals surface area contributed by atoms with Crippen molar-refractivity contribution in [2.45, 2.75) is 32.0 Å². The van der Waals surface area contributed by atoms with Crippen molar-refractivity contribution in [2.24, 2.45) is 0 Å². The number of hydrogen-bond donors (Lipinski definition) is 2. The van der Waals surface area contributed by atoms with Gasteiger partial charge in [0.1, 0.15) is 11.9 Å². The minimum absolute atomic E-state index is 0.311. The van der Waals surface area contributed by atoms with E-state index in [4.69, 9.17) is 0 Å². The zero-order chi connectivity index (χ0) is 18.9. The third kappa shape index (κ3) is 6.19. The fourth-order valence-electron chi connectivity index (χ4n) is 3.02. The van der Waals surface area contributed by atoms with Gasteiger partial charge in [-0.15, -0.1) is 0 Å². The van der Waals surface area contributed by atoms with E-state index in [2.05, 4.69) is 11.9 Å². The van der Waals surface area contributed by atoms with Gasteiger partial charge in [0.25, 0.3) is 0 Å². The molecule has 0 saturated carbocycles. The molecule has 140 valence electrons. The van der Waals surface area contributed by atoms with Crippen LogP contribution >= 0.6 is 0 Å². The molecule has 0 fully saturated rings. The Hall–Kier alpha value is -2.33. The maximum Gasteiger partial charge on any atom is 0.133 e. The molecule has 1 unspecified atom stereocenters. The Kier molecular flexibility index (Phi) is 7.67. The summed E-state index contributed by atoms with van der Waals surface area (Å²) in [5.74, 6) is 0.311. The highest BCUT2D eigenvalue weighted by atomic mass is 19.1. The molecule has 0 aromatic heterocycles. The van der Waals surface area contributed by atoms with Crippen LogP contribution in [-0.2, 0) is 12.8 Å². The van der Waals surface area contributed by atoms with Gasteiger partial charge >= 0.3 is 0 Å². The third-order valence-corrected chi connectivity index (χ3v) is 4.56. The van der Waals surface area contributed by atoms with Gasteiger partial charge in [-0.1, -0.05) is 49.0 Å². The number of phenols is 1. The molecule has 26 heavy (non-hydrogen) atoms. The standard InChI is InChI=1S/C22H29FN2O/c1-4-24-21(15-18-8-6-5-7-9-18)20(23)16-25(3)13-12-19-11-10-17(2)14-22(19)26/h4-11,14,20-21,24,26H,1,12-13,15-16H2,2-3H3/t20?,21-/m0/s1. The molecular weight excluding hydrogens is 327 g/mol. The van der Waals surface area contributed by atoms with Crippen LogP contribution < -0.4 is 5.32 Å². The number of likely N-dealkylation sites (N-methyl/N-ethyl adjacent to an activating group) is 1. The molecule has 0 aliphatic rings. The van der Waals surface area contributed by atoms with E-state index in [1.807, 2.05) is 61.3 Å². The number of hydrogen-bond acceptors (Lipinski definition) is 3. The Morgan fingerprint density at radius 3 is 2.62 bits per heavy atom. The summed E-state index contributed by atoms with van der Waals surface area (Å²) in [5.41, 5.74) is 3.02. The molecular formula is C22H29FN2O. The predicted molar refractivity (Wildman–Crippen MR) is 106 cm³/mol. The van der Waals surface area contributed by atoms with E-state index >= 15 is 0 Å². The van der Waals surface area contributed by atoms with Crippen molar-refractivity contribution in [3.63, 3.8) is 0 Å². The largest absolute Gasteiger partial charge is 0.508 e. The van der Waals surface area contributed by atoms with E-state index in [-0.39, 0.29) is 6.04 Å². The average Bonchev–Trinajstić information content (AvgIpc) is 2.61. The Bertz CT molecular complexity index is 690. The molecule has 2 aromatic carbocycles. The molecule has 0 aliphatic carbocycles. The first-order valence-corrected chi connectivity index (χ1v) is 9.01. The number of aryl methyl sites for hydroxylation is 1. The fraction of sp³-hybridized carbons (Fsp3) is 0.364. The van der Waals surface area contributed by atoms with Crippen LogP contribution in [0.15, 0.2) is 61.3 Å². The summed E-state index contributed by atoms with van der Waals surface area (Å²) in [7, 11) is 1.91. The fourth-order valence-corrected chi connectivity index (χ4v) is 3.02. The molecule has 4 heteroatoms. The van der Waals surface area contributed by atoms with Gasteiger partial charge in [0, 0.05) is 13.1 Å². The summed E-state index contributed by atoms with van der Waals surface area (Å²) >= 11 is 0. The molecule has 0 bridgehead atoms. The second-order valence-electron chi connectivity index (χ2n) is 6.83. The van der Waals surface area contributed by atoms with Crippen LogP contribution in [0.1, 0.15) is 16.7 Å². The van der Waals surface area contributed by atoms with Crippen LogP contribution in [0.3, 0.4) is 0 Å².